The van der Waals surface area contributed by atoms with Gasteiger partial charge in [0, 0.05) is 25.7 Å². The number of fused-ring (bicyclic) bond motifs is 2. The second-order valence-electron chi connectivity index (χ2n) is 7.46. The number of ether oxygens (including phenoxy) is 1. The first-order valence-electron chi connectivity index (χ1n) is 9.09. The van der Waals surface area contributed by atoms with Gasteiger partial charge in [-0.25, -0.2) is 0 Å². The lowest BCUT2D eigenvalue weighted by Crippen LogP contribution is -3.15. The van der Waals surface area contributed by atoms with Crippen molar-refractivity contribution in [2.75, 3.05) is 26.7 Å². The summed E-state index contributed by atoms with van der Waals surface area (Å²) in [5.41, 5.74) is 0. The van der Waals surface area contributed by atoms with Crippen LogP contribution in [0, 0.1) is 0 Å². The fourth-order valence-electron chi connectivity index (χ4n) is 4.63. The molecule has 3 rings (SSSR count). The van der Waals surface area contributed by atoms with Gasteiger partial charge >= 0.3 is 5.97 Å². The largest absolute Gasteiger partial charge is 1.00 e. The van der Waals surface area contributed by atoms with Gasteiger partial charge in [-0.15, -0.1) is 0 Å². The molecule has 0 aliphatic carbocycles. The van der Waals surface area contributed by atoms with E-state index in [2.05, 4.69) is 7.05 Å². The number of likely N-dealkylation sites (tertiary alicyclic amines) is 1. The van der Waals surface area contributed by atoms with Gasteiger partial charge in [0.05, 0.1) is 45.2 Å². The lowest BCUT2D eigenvalue weighted by atomic mass is 10.0. The molecule has 136 valence electrons. The SMILES string of the molecule is C[NH+]1C2CCC1CC(OC(=O)CC[NH+]1CCCCCC1)C2.[Cl-].[Cl-]. The highest BCUT2D eigenvalue weighted by Crippen LogP contribution is 2.24. The fraction of sp³-hybridized carbons (Fsp3) is 0.941. The molecule has 2 N–H and O–H groups in total. The van der Waals surface area contributed by atoms with Crippen LogP contribution in [-0.4, -0.2) is 50.8 Å². The zero-order chi connectivity index (χ0) is 14.7. The number of hydrogen-bond acceptors (Lipinski definition) is 2. The number of esters is 1. The summed E-state index contributed by atoms with van der Waals surface area (Å²) in [7, 11) is 2.31. The Morgan fingerprint density at radius 2 is 1.57 bits per heavy atom. The standard InChI is InChI=1S/C17H30N2O2.2ClH/c1-18-14-6-7-15(18)13-16(12-14)21-17(20)8-11-19-9-4-2-3-5-10-19;;/h14-16H,2-13H2,1H3;2*1H. The quantitative estimate of drug-likeness (QED) is 0.485. The minimum Gasteiger partial charge on any atom is -1.00 e. The van der Waals surface area contributed by atoms with Crippen LogP contribution in [0.2, 0.25) is 0 Å². The average Bonchev–Trinajstić information content (AvgIpc) is 2.72. The molecule has 4 nitrogen and oxygen atoms in total. The average molecular weight is 367 g/mol. The summed E-state index contributed by atoms with van der Waals surface area (Å²) in [6.45, 7) is 3.47. The Morgan fingerprint density at radius 3 is 2.13 bits per heavy atom. The van der Waals surface area contributed by atoms with E-state index in [4.69, 9.17) is 4.74 Å². The van der Waals surface area contributed by atoms with Crippen molar-refractivity contribution in [2.45, 2.75) is 76.0 Å². The first-order valence-corrected chi connectivity index (χ1v) is 9.09. The van der Waals surface area contributed by atoms with E-state index in [-0.39, 0.29) is 36.9 Å². The molecule has 0 amide bonds. The van der Waals surface area contributed by atoms with E-state index in [0.29, 0.717) is 6.42 Å². The summed E-state index contributed by atoms with van der Waals surface area (Å²) in [4.78, 5) is 15.4. The molecule has 0 aromatic rings. The first-order chi connectivity index (χ1) is 10.2. The number of rotatable bonds is 4. The molecule has 23 heavy (non-hydrogen) atoms. The zero-order valence-electron chi connectivity index (χ0n) is 14.3. The lowest BCUT2D eigenvalue weighted by molar-refractivity contribution is -0.923. The van der Waals surface area contributed by atoms with Crippen molar-refractivity contribution >= 4 is 5.97 Å². The fourth-order valence-corrected chi connectivity index (χ4v) is 4.63. The molecule has 0 saturated carbocycles. The summed E-state index contributed by atoms with van der Waals surface area (Å²) in [6, 6.07) is 1.47. The predicted octanol–water partition coefficient (Wildman–Crippen LogP) is -6.41. The maximum absolute atomic E-state index is 12.1. The van der Waals surface area contributed by atoms with Gasteiger partial charge in [-0.3, -0.25) is 4.79 Å². The molecule has 2 atom stereocenters. The van der Waals surface area contributed by atoms with Crippen LogP contribution in [-0.2, 0) is 9.53 Å². The van der Waals surface area contributed by atoms with Crippen LogP contribution < -0.4 is 34.6 Å². The van der Waals surface area contributed by atoms with E-state index in [9.17, 15) is 4.79 Å². The summed E-state index contributed by atoms with van der Waals surface area (Å²) >= 11 is 0. The van der Waals surface area contributed by atoms with Crippen molar-refractivity contribution < 1.29 is 44.1 Å². The maximum atomic E-state index is 12.1. The van der Waals surface area contributed by atoms with Gasteiger partial charge in [-0.05, 0) is 25.7 Å². The summed E-state index contributed by atoms with van der Waals surface area (Å²) < 4.78 is 5.78. The van der Waals surface area contributed by atoms with E-state index in [1.807, 2.05) is 0 Å². The Hall–Kier alpha value is -0.0300. The topological polar surface area (TPSA) is 35.2 Å². The molecule has 0 radical (unpaired) electrons. The van der Waals surface area contributed by atoms with Crippen LogP contribution in [0.3, 0.4) is 0 Å². The highest BCUT2D eigenvalue weighted by molar-refractivity contribution is 5.69. The van der Waals surface area contributed by atoms with Gasteiger partial charge in [-0.2, -0.15) is 0 Å². The molecule has 0 aromatic heterocycles. The number of hydrogen-bond donors (Lipinski definition) is 2. The Bertz CT molecular complexity index is 349. The molecule has 3 aliphatic heterocycles. The molecule has 0 aromatic carbocycles. The van der Waals surface area contributed by atoms with E-state index < -0.39 is 0 Å². The molecule has 3 saturated heterocycles. The minimum absolute atomic E-state index is 0. The second-order valence-corrected chi connectivity index (χ2v) is 7.46. The normalized spacial score (nSPS) is 34.0. The summed E-state index contributed by atoms with van der Waals surface area (Å²) in [6.07, 6.45) is 11.0. The maximum Gasteiger partial charge on any atom is 0.311 e. The molecule has 2 bridgehead atoms. The van der Waals surface area contributed by atoms with Crippen molar-refractivity contribution in [3.63, 3.8) is 0 Å². The van der Waals surface area contributed by atoms with E-state index in [1.54, 1.807) is 9.80 Å². The zero-order valence-corrected chi connectivity index (χ0v) is 15.8. The highest BCUT2D eigenvalue weighted by Gasteiger charge is 2.43. The molecular weight excluding hydrogens is 335 g/mol. The molecule has 2 unspecified atom stereocenters. The number of halogens is 2. The molecule has 3 aliphatic rings. The second kappa shape index (κ2) is 10.1. The van der Waals surface area contributed by atoms with Gasteiger partial charge in [0.25, 0.3) is 0 Å². The highest BCUT2D eigenvalue weighted by atomic mass is 35.5. The lowest BCUT2D eigenvalue weighted by Gasteiger charge is -2.33. The molecule has 6 heteroatoms. The van der Waals surface area contributed by atoms with E-state index in [0.717, 1.165) is 31.5 Å². The van der Waals surface area contributed by atoms with Crippen molar-refractivity contribution in [3.05, 3.63) is 0 Å². The number of carbonyl (C=O) groups excluding carboxylic acids is 1. The third-order valence-corrected chi connectivity index (χ3v) is 6.04. The number of quaternary nitrogens is 2. The molecular formula is C17H32Cl2N2O2. The van der Waals surface area contributed by atoms with Crippen LogP contribution in [0.4, 0.5) is 0 Å². The minimum atomic E-state index is 0. The third kappa shape index (κ3) is 5.77. The molecule has 3 heterocycles. The third-order valence-electron chi connectivity index (χ3n) is 6.04. The molecule has 3 fully saturated rings. The number of nitrogens with one attached hydrogen (secondary N) is 2. The van der Waals surface area contributed by atoms with E-state index in [1.165, 1.54) is 51.6 Å². The Labute approximate surface area is 153 Å². The Balaban J connectivity index is 0.00000132. The van der Waals surface area contributed by atoms with Crippen molar-refractivity contribution in [1.29, 1.82) is 0 Å². The number of carbonyl (C=O) groups is 1. The van der Waals surface area contributed by atoms with Gasteiger partial charge in [0.2, 0.25) is 0 Å². The summed E-state index contributed by atoms with van der Waals surface area (Å²) in [5.74, 6) is 0.0516. The van der Waals surface area contributed by atoms with Crippen molar-refractivity contribution in [3.8, 4) is 0 Å². The van der Waals surface area contributed by atoms with Gasteiger partial charge in [0.1, 0.15) is 6.10 Å². The monoisotopic (exact) mass is 366 g/mol. The van der Waals surface area contributed by atoms with Crippen molar-refractivity contribution in [1.82, 2.24) is 0 Å². The van der Waals surface area contributed by atoms with Crippen molar-refractivity contribution in [2.24, 2.45) is 0 Å². The van der Waals surface area contributed by atoms with Crippen LogP contribution in [0.1, 0.15) is 57.8 Å². The van der Waals surface area contributed by atoms with E-state index >= 15 is 0 Å². The van der Waals surface area contributed by atoms with Gasteiger partial charge in [-0.1, -0.05) is 0 Å². The molecule has 0 spiro atoms. The van der Waals surface area contributed by atoms with Crippen LogP contribution in [0.25, 0.3) is 0 Å². The first kappa shape index (κ1) is 21.0. The Morgan fingerprint density at radius 1 is 1.00 bits per heavy atom. The number of piperidine rings is 1. The van der Waals surface area contributed by atoms with Crippen LogP contribution in [0.15, 0.2) is 0 Å². The Kier molecular flexibility index (Phi) is 9.20. The summed E-state index contributed by atoms with van der Waals surface area (Å²) in [5, 5.41) is 0. The smallest absolute Gasteiger partial charge is 0.311 e. The van der Waals surface area contributed by atoms with Gasteiger partial charge < -0.3 is 39.4 Å². The van der Waals surface area contributed by atoms with Gasteiger partial charge in [0.15, 0.2) is 0 Å². The van der Waals surface area contributed by atoms with Crippen LogP contribution >= 0.6 is 0 Å². The van der Waals surface area contributed by atoms with Crippen LogP contribution in [0.5, 0.6) is 0 Å². The predicted molar refractivity (Wildman–Crippen MR) is 81.5 cm³/mol.